The summed E-state index contributed by atoms with van der Waals surface area (Å²) in [5.41, 5.74) is 5.60. The summed E-state index contributed by atoms with van der Waals surface area (Å²) in [6, 6.07) is 0. The van der Waals surface area contributed by atoms with E-state index in [1.54, 1.807) is 12.4 Å². The van der Waals surface area contributed by atoms with Crippen LogP contribution >= 0.6 is 0 Å². The highest BCUT2D eigenvalue weighted by molar-refractivity contribution is 5.71. The highest BCUT2D eigenvalue weighted by Gasteiger charge is 1.98. The molecular formula is C7H11N3. The maximum absolute atomic E-state index is 5.60. The standard InChI is InChI=1S/C7H11N3/c1-7(8)10-5-2-3-9-4-6-10/h2-7H,8H2,1H3. The zero-order valence-corrected chi connectivity index (χ0v) is 5.94. The van der Waals surface area contributed by atoms with Crippen LogP contribution in [0.3, 0.4) is 0 Å². The fourth-order valence-corrected chi connectivity index (χ4v) is 0.674. The van der Waals surface area contributed by atoms with E-state index in [9.17, 15) is 0 Å². The summed E-state index contributed by atoms with van der Waals surface area (Å²) in [5, 5.41) is 0. The highest BCUT2D eigenvalue weighted by atomic mass is 15.2. The lowest BCUT2D eigenvalue weighted by Gasteiger charge is -2.18. The van der Waals surface area contributed by atoms with Crippen LogP contribution in [0.5, 0.6) is 0 Å². The highest BCUT2D eigenvalue weighted by Crippen LogP contribution is 1.97. The molecule has 0 radical (unpaired) electrons. The first kappa shape index (κ1) is 7.02. The zero-order chi connectivity index (χ0) is 7.40. The molecule has 0 spiro atoms. The maximum atomic E-state index is 5.60. The molecule has 1 aliphatic rings. The van der Waals surface area contributed by atoms with Gasteiger partial charge in [-0.2, -0.15) is 0 Å². The van der Waals surface area contributed by atoms with Crippen molar-refractivity contribution in [3.05, 3.63) is 24.7 Å². The smallest absolute Gasteiger partial charge is 0.0780 e. The number of hydrogen-bond acceptors (Lipinski definition) is 3. The van der Waals surface area contributed by atoms with Crippen LogP contribution in [0.2, 0.25) is 0 Å². The maximum Gasteiger partial charge on any atom is 0.0780 e. The number of rotatable bonds is 1. The molecule has 2 N–H and O–H groups in total. The molecule has 0 fully saturated rings. The van der Waals surface area contributed by atoms with Crippen LogP contribution in [-0.4, -0.2) is 17.3 Å². The molecule has 0 saturated heterocycles. The van der Waals surface area contributed by atoms with Crippen LogP contribution in [0.25, 0.3) is 0 Å². The van der Waals surface area contributed by atoms with Crippen molar-refractivity contribution in [2.75, 3.05) is 0 Å². The molecule has 3 heteroatoms. The van der Waals surface area contributed by atoms with Crippen molar-refractivity contribution in [3.63, 3.8) is 0 Å². The fraction of sp³-hybridized carbons (Fsp3) is 0.286. The Balaban J connectivity index is 2.63. The Hall–Kier alpha value is -1.09. The van der Waals surface area contributed by atoms with E-state index in [0.717, 1.165) is 0 Å². The van der Waals surface area contributed by atoms with Crippen molar-refractivity contribution >= 4 is 6.21 Å². The van der Waals surface area contributed by atoms with Gasteiger partial charge in [0, 0.05) is 24.8 Å². The number of allylic oxidation sites excluding steroid dienone is 1. The first-order chi connectivity index (χ1) is 4.80. The normalized spacial score (nSPS) is 19.2. The van der Waals surface area contributed by atoms with Crippen LogP contribution in [0, 0.1) is 0 Å². The Bertz CT molecular complexity index is 163. The van der Waals surface area contributed by atoms with E-state index in [0.29, 0.717) is 0 Å². The van der Waals surface area contributed by atoms with Gasteiger partial charge in [0.1, 0.15) is 0 Å². The molecule has 0 aromatic carbocycles. The average molecular weight is 137 g/mol. The van der Waals surface area contributed by atoms with Crippen molar-refractivity contribution in [3.8, 4) is 0 Å². The first-order valence-electron chi connectivity index (χ1n) is 3.20. The molecule has 3 nitrogen and oxygen atoms in total. The molecule has 0 aliphatic carbocycles. The Morgan fingerprint density at radius 1 is 1.50 bits per heavy atom. The lowest BCUT2D eigenvalue weighted by atomic mass is 10.5. The molecule has 0 saturated carbocycles. The summed E-state index contributed by atoms with van der Waals surface area (Å²) in [6.45, 7) is 1.92. The van der Waals surface area contributed by atoms with Crippen LogP contribution < -0.4 is 5.73 Å². The Morgan fingerprint density at radius 2 is 2.30 bits per heavy atom. The van der Waals surface area contributed by atoms with Crippen molar-refractivity contribution in [1.29, 1.82) is 0 Å². The second kappa shape index (κ2) is 3.17. The fourth-order valence-electron chi connectivity index (χ4n) is 0.674. The lowest BCUT2D eigenvalue weighted by molar-refractivity contribution is 0.401. The van der Waals surface area contributed by atoms with Crippen molar-refractivity contribution in [2.24, 2.45) is 10.7 Å². The molecule has 1 heterocycles. The van der Waals surface area contributed by atoms with Crippen molar-refractivity contribution in [1.82, 2.24) is 4.90 Å². The molecular weight excluding hydrogens is 126 g/mol. The minimum absolute atomic E-state index is 0.00852. The van der Waals surface area contributed by atoms with E-state index < -0.39 is 0 Å². The van der Waals surface area contributed by atoms with Gasteiger partial charge in [0.2, 0.25) is 0 Å². The molecule has 10 heavy (non-hydrogen) atoms. The summed E-state index contributed by atoms with van der Waals surface area (Å²) in [7, 11) is 0. The van der Waals surface area contributed by atoms with Crippen LogP contribution in [0.15, 0.2) is 29.7 Å². The minimum Gasteiger partial charge on any atom is -0.337 e. The minimum atomic E-state index is 0.00852. The van der Waals surface area contributed by atoms with E-state index >= 15 is 0 Å². The van der Waals surface area contributed by atoms with Crippen molar-refractivity contribution in [2.45, 2.75) is 13.1 Å². The van der Waals surface area contributed by atoms with Gasteiger partial charge in [0.15, 0.2) is 0 Å². The molecule has 0 bridgehead atoms. The molecule has 1 aliphatic heterocycles. The molecule has 0 amide bonds. The predicted molar refractivity (Wildman–Crippen MR) is 42.3 cm³/mol. The average Bonchev–Trinajstić information content (AvgIpc) is 2.12. The van der Waals surface area contributed by atoms with E-state index in [1.165, 1.54) is 0 Å². The second-order valence-electron chi connectivity index (χ2n) is 2.13. The van der Waals surface area contributed by atoms with Gasteiger partial charge in [-0.15, -0.1) is 0 Å². The molecule has 1 atom stereocenters. The SMILES string of the molecule is CC(N)N1C=CC=NC=C1. The summed E-state index contributed by atoms with van der Waals surface area (Å²) < 4.78 is 0. The lowest BCUT2D eigenvalue weighted by Crippen LogP contribution is -2.31. The van der Waals surface area contributed by atoms with Gasteiger partial charge in [0.25, 0.3) is 0 Å². The molecule has 1 rings (SSSR count). The number of hydrogen-bond donors (Lipinski definition) is 1. The van der Waals surface area contributed by atoms with Crippen LogP contribution in [0.4, 0.5) is 0 Å². The summed E-state index contributed by atoms with van der Waals surface area (Å²) >= 11 is 0. The Kier molecular flexibility index (Phi) is 2.23. The van der Waals surface area contributed by atoms with Crippen molar-refractivity contribution < 1.29 is 0 Å². The second-order valence-corrected chi connectivity index (χ2v) is 2.13. The van der Waals surface area contributed by atoms with Gasteiger partial charge < -0.3 is 10.6 Å². The number of aliphatic imine (C=N–C) groups is 1. The molecule has 54 valence electrons. The third-order valence-electron chi connectivity index (χ3n) is 1.23. The summed E-state index contributed by atoms with van der Waals surface area (Å²) in [5.74, 6) is 0. The topological polar surface area (TPSA) is 41.6 Å². The predicted octanol–water partition coefficient (Wildman–Crippen LogP) is 0.662. The van der Waals surface area contributed by atoms with E-state index in [1.807, 2.05) is 30.3 Å². The Labute approximate surface area is 60.5 Å². The van der Waals surface area contributed by atoms with Gasteiger partial charge in [-0.3, -0.25) is 4.99 Å². The van der Waals surface area contributed by atoms with Gasteiger partial charge in [0.05, 0.1) is 6.17 Å². The van der Waals surface area contributed by atoms with Gasteiger partial charge in [-0.05, 0) is 13.0 Å². The van der Waals surface area contributed by atoms with Crippen LogP contribution in [0.1, 0.15) is 6.92 Å². The largest absolute Gasteiger partial charge is 0.337 e. The molecule has 0 aromatic rings. The van der Waals surface area contributed by atoms with Gasteiger partial charge >= 0.3 is 0 Å². The monoisotopic (exact) mass is 137 g/mol. The summed E-state index contributed by atoms with van der Waals surface area (Å²) in [4.78, 5) is 5.80. The zero-order valence-electron chi connectivity index (χ0n) is 5.94. The Morgan fingerprint density at radius 3 is 3.00 bits per heavy atom. The quantitative estimate of drug-likeness (QED) is 0.577. The van der Waals surface area contributed by atoms with E-state index in [4.69, 9.17) is 5.73 Å². The first-order valence-corrected chi connectivity index (χ1v) is 3.20. The number of nitrogens with two attached hydrogens (primary N) is 1. The van der Waals surface area contributed by atoms with E-state index in [2.05, 4.69) is 4.99 Å². The van der Waals surface area contributed by atoms with Gasteiger partial charge in [-0.1, -0.05) is 0 Å². The summed E-state index contributed by atoms with van der Waals surface area (Å²) in [6.07, 6.45) is 9.02. The van der Waals surface area contributed by atoms with E-state index in [-0.39, 0.29) is 6.17 Å². The van der Waals surface area contributed by atoms with Gasteiger partial charge in [-0.25, -0.2) is 0 Å². The number of nitrogens with zero attached hydrogens (tertiary/aromatic N) is 2. The van der Waals surface area contributed by atoms with Crippen LogP contribution in [-0.2, 0) is 0 Å². The third-order valence-corrected chi connectivity index (χ3v) is 1.23. The molecule has 1 unspecified atom stereocenters. The third kappa shape index (κ3) is 1.70. The molecule has 0 aromatic heterocycles.